The first kappa shape index (κ1) is 31.9. The van der Waals surface area contributed by atoms with E-state index >= 15 is 0 Å². The van der Waals surface area contributed by atoms with Gasteiger partial charge in [0.1, 0.15) is 0 Å². The van der Waals surface area contributed by atoms with E-state index in [1.807, 2.05) is 13.8 Å². The number of hydrogen-bond acceptors (Lipinski definition) is 3. The van der Waals surface area contributed by atoms with Gasteiger partial charge in [0, 0.05) is 0 Å². The summed E-state index contributed by atoms with van der Waals surface area (Å²) in [6.45, 7) is 14.7. The molecule has 1 N–H and O–H groups in total. The Hall–Kier alpha value is -2.17. The van der Waals surface area contributed by atoms with E-state index in [0.717, 1.165) is 62.5 Å². The van der Waals surface area contributed by atoms with Gasteiger partial charge in [0.2, 0.25) is 9.84 Å². The average molecular weight is 513 g/mol. The van der Waals surface area contributed by atoms with Crippen LogP contribution in [0, 0.1) is 6.92 Å². The van der Waals surface area contributed by atoms with Crippen LogP contribution >= 0.6 is 0 Å². The summed E-state index contributed by atoms with van der Waals surface area (Å²) < 4.78 is 25.2. The Morgan fingerprint density at radius 2 is 1.08 bits per heavy atom. The number of benzene rings is 1. The minimum atomic E-state index is -3.78. The molecule has 0 heterocycles. The number of sulfone groups is 1. The van der Waals surface area contributed by atoms with Gasteiger partial charge in [0.15, 0.2) is 5.44 Å². The first-order chi connectivity index (χ1) is 16.9. The van der Waals surface area contributed by atoms with Crippen molar-refractivity contribution >= 4 is 9.84 Å². The highest BCUT2D eigenvalue weighted by Gasteiger charge is 2.23. The molecule has 3 nitrogen and oxygen atoms in total. The fourth-order valence-electron chi connectivity index (χ4n) is 3.82. The highest BCUT2D eigenvalue weighted by Crippen LogP contribution is 2.19. The summed E-state index contributed by atoms with van der Waals surface area (Å²) >= 11 is 0. The van der Waals surface area contributed by atoms with E-state index in [-0.39, 0.29) is 4.90 Å². The lowest BCUT2D eigenvalue weighted by Gasteiger charge is -2.10. The Morgan fingerprint density at radius 3 is 1.50 bits per heavy atom. The monoisotopic (exact) mass is 512 g/mol. The van der Waals surface area contributed by atoms with Crippen LogP contribution in [0.25, 0.3) is 0 Å². The maximum Gasteiger partial charge on any atom is 0.208 e. The summed E-state index contributed by atoms with van der Waals surface area (Å²) in [6, 6.07) is 6.58. The van der Waals surface area contributed by atoms with Crippen molar-refractivity contribution in [3.05, 3.63) is 88.1 Å². The Balaban J connectivity index is 2.42. The molecule has 0 aliphatic rings. The highest BCUT2D eigenvalue weighted by atomic mass is 32.2. The summed E-state index contributed by atoms with van der Waals surface area (Å²) in [7, 11) is -3.78. The molecule has 36 heavy (non-hydrogen) atoms. The molecule has 1 unspecified atom stereocenters. The molecule has 1 aromatic rings. The topological polar surface area (TPSA) is 54.4 Å². The second-order valence-corrected chi connectivity index (χ2v) is 12.4. The van der Waals surface area contributed by atoms with Gasteiger partial charge in [-0.2, -0.15) is 0 Å². The molecule has 1 rings (SSSR count). The maximum atomic E-state index is 12.6. The van der Waals surface area contributed by atoms with E-state index in [9.17, 15) is 13.5 Å². The lowest BCUT2D eigenvalue weighted by molar-refractivity contribution is 0.292. The van der Waals surface area contributed by atoms with Crippen LogP contribution in [0.4, 0.5) is 0 Å². The Morgan fingerprint density at radius 1 is 0.694 bits per heavy atom. The Kier molecular flexibility index (Phi) is 14.6. The molecule has 0 bridgehead atoms. The predicted molar refractivity (Wildman–Crippen MR) is 156 cm³/mol. The van der Waals surface area contributed by atoms with E-state index in [4.69, 9.17) is 0 Å². The maximum absolute atomic E-state index is 12.6. The fourth-order valence-corrected chi connectivity index (χ4v) is 5.02. The van der Waals surface area contributed by atoms with Gasteiger partial charge < -0.3 is 5.11 Å². The van der Waals surface area contributed by atoms with Crippen LogP contribution in [0.15, 0.2) is 87.4 Å². The van der Waals surface area contributed by atoms with Crippen LogP contribution in [0.5, 0.6) is 0 Å². The smallest absolute Gasteiger partial charge is 0.208 e. The lowest BCUT2D eigenvalue weighted by Crippen LogP contribution is -2.19. The molecule has 0 saturated heterocycles. The van der Waals surface area contributed by atoms with Gasteiger partial charge in [-0.3, -0.25) is 0 Å². The molecule has 0 aliphatic heterocycles. The van der Waals surface area contributed by atoms with Gasteiger partial charge in [0.25, 0.3) is 0 Å². The van der Waals surface area contributed by atoms with Gasteiger partial charge in [-0.1, -0.05) is 69.9 Å². The van der Waals surface area contributed by atoms with Crippen molar-refractivity contribution in [1.82, 2.24) is 0 Å². The number of hydrogen-bond donors (Lipinski definition) is 1. The number of aliphatic hydroxyl groups is 1. The van der Waals surface area contributed by atoms with Crippen LogP contribution in [0.1, 0.15) is 98.5 Å². The normalized spacial score (nSPS) is 14.7. The second kappa shape index (κ2) is 16.6. The number of rotatable bonds is 15. The van der Waals surface area contributed by atoms with Gasteiger partial charge in [-0.15, -0.1) is 0 Å². The SMILES string of the molecule is CC(C)=CCC/C(C)=C/CC/C(C)=C/CC/C(C)=C/CC/C(C)=C/C(O)S(=O)(=O)c1ccc(C)cc1. The third-order valence-corrected chi connectivity index (χ3v) is 7.98. The molecular formula is C32H48O3S. The minimum Gasteiger partial charge on any atom is -0.373 e. The van der Waals surface area contributed by atoms with E-state index in [0.29, 0.717) is 0 Å². The van der Waals surface area contributed by atoms with Crippen LogP contribution < -0.4 is 0 Å². The largest absolute Gasteiger partial charge is 0.373 e. The zero-order valence-corrected chi connectivity index (χ0v) is 24.4. The third-order valence-electron chi connectivity index (χ3n) is 6.28. The van der Waals surface area contributed by atoms with Crippen LogP contribution in [0.2, 0.25) is 0 Å². The summed E-state index contributed by atoms with van der Waals surface area (Å²) in [5.41, 5.74) is 5.99. The van der Waals surface area contributed by atoms with Crippen molar-refractivity contribution in [3.8, 4) is 0 Å². The van der Waals surface area contributed by atoms with Crippen LogP contribution in [-0.4, -0.2) is 19.0 Å². The number of allylic oxidation sites excluding steroid dienone is 9. The van der Waals surface area contributed by atoms with Gasteiger partial charge >= 0.3 is 0 Å². The molecule has 200 valence electrons. The van der Waals surface area contributed by atoms with Gasteiger partial charge in [0.05, 0.1) is 4.90 Å². The van der Waals surface area contributed by atoms with E-state index in [1.54, 1.807) is 24.3 Å². The molecule has 0 amide bonds. The first-order valence-corrected chi connectivity index (χ1v) is 14.7. The quantitative estimate of drug-likeness (QED) is 0.239. The number of aryl methyl sites for hydroxylation is 1. The standard InChI is InChI=1S/C32H48O3S/c1-25(2)12-8-13-26(3)14-9-15-27(4)16-10-17-28(5)18-11-19-30(7)24-32(33)36(34,35)31-22-20-29(6)21-23-31/h12,14,16,18,20-24,32-33H,8-11,13,15,17,19H2,1-7H3/b26-14+,27-16+,28-18+,30-24+. The summed E-state index contributed by atoms with van der Waals surface area (Å²) in [5.74, 6) is 0. The first-order valence-electron chi connectivity index (χ1n) is 13.2. The van der Waals surface area contributed by atoms with E-state index in [1.165, 1.54) is 28.4 Å². The van der Waals surface area contributed by atoms with Crippen molar-refractivity contribution in [3.63, 3.8) is 0 Å². The van der Waals surface area contributed by atoms with Crippen molar-refractivity contribution in [2.24, 2.45) is 0 Å². The summed E-state index contributed by atoms with van der Waals surface area (Å²) in [4.78, 5) is 0.148. The van der Waals surface area contributed by atoms with Crippen LogP contribution in [0.3, 0.4) is 0 Å². The Bertz CT molecular complexity index is 1060. The second-order valence-electron chi connectivity index (χ2n) is 10.3. The van der Waals surface area contributed by atoms with Crippen molar-refractivity contribution in [2.75, 3.05) is 0 Å². The Labute approximate surface area is 221 Å². The summed E-state index contributed by atoms with van der Waals surface area (Å²) in [6.07, 6.45) is 18.8. The van der Waals surface area contributed by atoms with Crippen molar-refractivity contribution in [1.29, 1.82) is 0 Å². The van der Waals surface area contributed by atoms with Gasteiger partial charge in [-0.25, -0.2) is 8.42 Å². The molecule has 0 aromatic heterocycles. The average Bonchev–Trinajstić information content (AvgIpc) is 2.79. The summed E-state index contributed by atoms with van der Waals surface area (Å²) in [5, 5.41) is 10.3. The van der Waals surface area contributed by atoms with E-state index in [2.05, 4.69) is 58.9 Å². The lowest BCUT2D eigenvalue weighted by atomic mass is 10.0. The minimum absolute atomic E-state index is 0.148. The zero-order valence-electron chi connectivity index (χ0n) is 23.6. The molecule has 1 atom stereocenters. The molecule has 1 aromatic carbocycles. The molecule has 0 spiro atoms. The molecular weight excluding hydrogens is 464 g/mol. The molecule has 0 radical (unpaired) electrons. The molecule has 0 saturated carbocycles. The fraction of sp³-hybridized carbons (Fsp3) is 0.500. The molecule has 4 heteroatoms. The van der Waals surface area contributed by atoms with Gasteiger partial charge in [-0.05, 0) is 118 Å². The zero-order chi connectivity index (χ0) is 27.1. The predicted octanol–water partition coefficient (Wildman–Crippen LogP) is 8.96. The van der Waals surface area contributed by atoms with Crippen LogP contribution in [-0.2, 0) is 9.84 Å². The van der Waals surface area contributed by atoms with Crippen molar-refractivity contribution < 1.29 is 13.5 Å². The highest BCUT2D eigenvalue weighted by molar-refractivity contribution is 7.92. The molecule has 0 aliphatic carbocycles. The van der Waals surface area contributed by atoms with Crippen molar-refractivity contribution in [2.45, 2.75) is 110 Å². The molecule has 0 fully saturated rings. The number of aliphatic hydroxyl groups excluding tert-OH is 1. The third kappa shape index (κ3) is 13.2. The van der Waals surface area contributed by atoms with E-state index < -0.39 is 15.3 Å².